The quantitative estimate of drug-likeness (QED) is 0.110. The molecule has 0 saturated carbocycles. The predicted molar refractivity (Wildman–Crippen MR) is 205 cm³/mol. The second-order valence-electron chi connectivity index (χ2n) is 13.6. The minimum Gasteiger partial charge on any atom is -0.463 e. The van der Waals surface area contributed by atoms with E-state index in [0.29, 0.717) is 28.3 Å². The number of aliphatic hydroxyl groups excluding tert-OH is 1. The van der Waals surface area contributed by atoms with Crippen molar-refractivity contribution >= 4 is 56.9 Å². The Labute approximate surface area is 322 Å². The molecule has 12 heteroatoms. The average Bonchev–Trinajstić information content (AvgIpc) is 3.76. The number of rotatable bonds is 15. The lowest BCUT2D eigenvalue weighted by molar-refractivity contribution is -0.146. The molecule has 10 nitrogen and oxygen atoms in total. The molecule has 53 heavy (non-hydrogen) atoms. The van der Waals surface area contributed by atoms with Gasteiger partial charge in [0.15, 0.2) is 0 Å². The highest BCUT2D eigenvalue weighted by molar-refractivity contribution is 9.09. The summed E-state index contributed by atoms with van der Waals surface area (Å²) in [5, 5.41) is 14.3. The van der Waals surface area contributed by atoms with E-state index in [4.69, 9.17) is 21.1 Å². The number of halogens is 2. The number of hydrogen-bond donors (Lipinski definition) is 2. The summed E-state index contributed by atoms with van der Waals surface area (Å²) in [4.78, 5) is 59.9. The Balaban J connectivity index is 1.42. The lowest BCUT2D eigenvalue weighted by Crippen LogP contribution is -2.58. The summed E-state index contributed by atoms with van der Waals surface area (Å²) in [5.41, 5.74) is 1.10. The fourth-order valence-corrected chi connectivity index (χ4v) is 9.45. The van der Waals surface area contributed by atoms with Crippen molar-refractivity contribution in [2.45, 2.75) is 60.8 Å². The van der Waals surface area contributed by atoms with Crippen LogP contribution in [0.4, 0.5) is 5.69 Å². The van der Waals surface area contributed by atoms with Gasteiger partial charge in [0, 0.05) is 17.8 Å². The summed E-state index contributed by atoms with van der Waals surface area (Å²) in [6, 6.07) is 20.6. The number of ether oxygens (including phenoxy) is 2. The lowest BCUT2D eigenvalue weighted by atomic mass is 9.70. The molecule has 3 aliphatic rings. The van der Waals surface area contributed by atoms with Gasteiger partial charge in [0.05, 0.1) is 47.3 Å². The van der Waals surface area contributed by atoms with Gasteiger partial charge in [-0.15, -0.1) is 13.2 Å². The van der Waals surface area contributed by atoms with E-state index in [9.17, 15) is 14.7 Å². The Morgan fingerprint density at radius 2 is 1.75 bits per heavy atom. The number of carbonyl (C=O) groups excluding carboxylic acids is 4. The van der Waals surface area contributed by atoms with Crippen molar-refractivity contribution < 1.29 is 33.8 Å². The molecular weight excluding hydrogens is 762 g/mol. The number of benzene rings is 3. The van der Waals surface area contributed by atoms with E-state index in [0.717, 1.165) is 5.56 Å². The van der Waals surface area contributed by atoms with Crippen LogP contribution in [0.25, 0.3) is 0 Å². The SMILES string of the molecule is C=CCCC(=O)OC[C@H](NC(=O)[C@@H]1[C@H]2O[C@@]3(CC2Br)[C@H](C(=O)N(CC=C)c2c(C)cccc2Cl)N([C@H](CO)c2ccccc2)C(=O)[C@@H]13)c1ccccc1. The van der Waals surface area contributed by atoms with Crippen LogP contribution in [0.1, 0.15) is 48.0 Å². The summed E-state index contributed by atoms with van der Waals surface area (Å²) < 4.78 is 12.4. The second-order valence-corrected chi connectivity index (χ2v) is 15.2. The Bertz CT molecular complexity index is 1840. The number of allylic oxidation sites excluding steroid dienone is 1. The zero-order valence-corrected chi connectivity index (χ0v) is 31.7. The first kappa shape index (κ1) is 38.4. The standard InChI is InChI=1S/C41H43BrClN3O7/c1-4-6-20-32(48)52-24-30(26-15-9-7-10-16-26)44-38(49)33-34-39(50)46(31(23-47)27-17-11-8-12-18-27)37(41(34)22-28(42)36(33)53-41)40(51)45(21-5-2)35-25(3)14-13-19-29(35)43/h4-5,7-19,28,30-31,33-34,36-37,47H,1-2,6,20-24H2,3H3,(H,44,49)/t28?,30-,31+,33-,34+,36-,37-,41+/m0/s1. The van der Waals surface area contributed by atoms with Crippen molar-refractivity contribution in [3.8, 4) is 0 Å². The molecule has 1 unspecified atom stereocenters. The lowest BCUT2D eigenvalue weighted by Gasteiger charge is -2.40. The summed E-state index contributed by atoms with van der Waals surface area (Å²) >= 11 is 10.5. The van der Waals surface area contributed by atoms with E-state index in [2.05, 4.69) is 34.4 Å². The number of alkyl halides is 1. The van der Waals surface area contributed by atoms with Gasteiger partial charge in [-0.25, -0.2) is 0 Å². The fraction of sp³-hybridized carbons (Fsp3) is 0.366. The van der Waals surface area contributed by atoms with Gasteiger partial charge in [0.2, 0.25) is 11.8 Å². The molecule has 3 aliphatic heterocycles. The smallest absolute Gasteiger partial charge is 0.306 e. The van der Waals surface area contributed by atoms with Crippen LogP contribution in [-0.4, -0.2) is 76.0 Å². The number of esters is 1. The van der Waals surface area contributed by atoms with E-state index in [1.54, 1.807) is 48.6 Å². The van der Waals surface area contributed by atoms with Crippen LogP contribution in [0.5, 0.6) is 0 Å². The van der Waals surface area contributed by atoms with Crippen molar-refractivity contribution in [3.05, 3.63) is 126 Å². The van der Waals surface area contributed by atoms with Gasteiger partial charge in [-0.3, -0.25) is 19.2 Å². The first-order chi connectivity index (χ1) is 25.6. The first-order valence-electron chi connectivity index (χ1n) is 17.7. The van der Waals surface area contributed by atoms with E-state index < -0.39 is 72.0 Å². The van der Waals surface area contributed by atoms with Crippen molar-refractivity contribution in [2.75, 3.05) is 24.7 Å². The third kappa shape index (κ3) is 7.19. The van der Waals surface area contributed by atoms with E-state index >= 15 is 9.59 Å². The van der Waals surface area contributed by atoms with Crippen molar-refractivity contribution in [1.82, 2.24) is 10.2 Å². The maximum Gasteiger partial charge on any atom is 0.306 e. The zero-order chi connectivity index (χ0) is 37.9. The van der Waals surface area contributed by atoms with Crippen LogP contribution < -0.4 is 10.2 Å². The van der Waals surface area contributed by atoms with Crippen LogP contribution in [-0.2, 0) is 28.7 Å². The monoisotopic (exact) mass is 803 g/mol. The van der Waals surface area contributed by atoms with Crippen LogP contribution in [0.3, 0.4) is 0 Å². The summed E-state index contributed by atoms with van der Waals surface area (Å²) in [6.45, 7) is 8.85. The van der Waals surface area contributed by atoms with Crippen LogP contribution in [0, 0.1) is 18.8 Å². The maximum atomic E-state index is 15.2. The number of carbonyl (C=O) groups is 4. The number of amides is 3. The van der Waals surface area contributed by atoms with Gasteiger partial charge in [-0.2, -0.15) is 0 Å². The molecule has 8 atom stereocenters. The Morgan fingerprint density at radius 1 is 1.08 bits per heavy atom. The number of aryl methyl sites for hydroxylation is 1. The molecule has 0 aliphatic carbocycles. The Kier molecular flexibility index (Phi) is 11.9. The Hall–Kier alpha value is -4.29. The van der Waals surface area contributed by atoms with Gasteiger partial charge < -0.3 is 29.7 Å². The Morgan fingerprint density at radius 3 is 2.38 bits per heavy atom. The third-order valence-corrected chi connectivity index (χ3v) is 11.6. The molecular formula is C41H43BrClN3O7. The normalized spacial score (nSPS) is 25.3. The molecule has 3 heterocycles. The van der Waals surface area contributed by atoms with Gasteiger partial charge in [-0.05, 0) is 42.5 Å². The summed E-state index contributed by atoms with van der Waals surface area (Å²) in [5.74, 6) is -3.95. The first-order valence-corrected chi connectivity index (χ1v) is 19.0. The molecule has 3 amide bonds. The molecule has 3 saturated heterocycles. The van der Waals surface area contributed by atoms with Crippen molar-refractivity contribution in [3.63, 3.8) is 0 Å². The molecule has 3 fully saturated rings. The molecule has 2 bridgehead atoms. The number of anilines is 1. The largest absolute Gasteiger partial charge is 0.463 e. The fourth-order valence-electron chi connectivity index (χ4n) is 8.19. The van der Waals surface area contributed by atoms with Crippen molar-refractivity contribution in [1.29, 1.82) is 0 Å². The maximum absolute atomic E-state index is 15.2. The predicted octanol–water partition coefficient (Wildman–Crippen LogP) is 6.02. The van der Waals surface area contributed by atoms with Crippen LogP contribution >= 0.6 is 27.5 Å². The van der Waals surface area contributed by atoms with Crippen molar-refractivity contribution in [2.24, 2.45) is 11.8 Å². The molecule has 0 radical (unpaired) electrons. The number of likely N-dealkylation sites (tertiary alicyclic amines) is 1. The molecule has 278 valence electrons. The molecule has 6 rings (SSSR count). The summed E-state index contributed by atoms with van der Waals surface area (Å²) in [7, 11) is 0. The number of fused-ring (bicyclic) bond motifs is 1. The topological polar surface area (TPSA) is 125 Å². The highest BCUT2D eigenvalue weighted by Crippen LogP contribution is 2.61. The third-order valence-electron chi connectivity index (χ3n) is 10.5. The van der Waals surface area contributed by atoms with Gasteiger partial charge >= 0.3 is 5.97 Å². The molecule has 1 spiro atoms. The zero-order valence-electron chi connectivity index (χ0n) is 29.4. The molecule has 0 aromatic heterocycles. The van der Waals surface area contributed by atoms with Crippen LogP contribution in [0.2, 0.25) is 5.02 Å². The van der Waals surface area contributed by atoms with Gasteiger partial charge in [0.1, 0.15) is 18.2 Å². The highest BCUT2D eigenvalue weighted by atomic mass is 79.9. The second kappa shape index (κ2) is 16.4. The van der Waals surface area contributed by atoms with E-state index in [1.807, 2.05) is 49.4 Å². The number of nitrogens with one attached hydrogen (secondary N) is 1. The van der Waals surface area contributed by atoms with Crippen LogP contribution in [0.15, 0.2) is 104 Å². The highest BCUT2D eigenvalue weighted by Gasteiger charge is 2.77. The number of nitrogens with zero attached hydrogens (tertiary/aromatic N) is 2. The summed E-state index contributed by atoms with van der Waals surface area (Å²) in [6.07, 6.45) is 3.32. The van der Waals surface area contributed by atoms with E-state index in [1.165, 1.54) is 9.80 Å². The average molecular weight is 805 g/mol. The molecule has 3 aromatic carbocycles. The van der Waals surface area contributed by atoms with E-state index in [-0.39, 0.29) is 30.8 Å². The number of hydrogen-bond acceptors (Lipinski definition) is 7. The molecule has 3 aromatic rings. The minimum absolute atomic E-state index is 0.0766. The minimum atomic E-state index is -1.44. The number of aliphatic hydroxyl groups is 1. The number of para-hydroxylation sites is 1. The van der Waals surface area contributed by atoms with Gasteiger partial charge in [0.25, 0.3) is 5.91 Å². The van der Waals surface area contributed by atoms with Gasteiger partial charge in [-0.1, -0.05) is 112 Å². The molecule has 2 N–H and O–H groups in total.